The average molecular weight is 239 g/mol. The van der Waals surface area contributed by atoms with E-state index in [2.05, 4.69) is 36.7 Å². The van der Waals surface area contributed by atoms with E-state index in [-0.39, 0.29) is 0 Å². The molecule has 0 bridgehead atoms. The fraction of sp³-hybridized carbons (Fsp3) is 0.692. The summed E-state index contributed by atoms with van der Waals surface area (Å²) in [4.78, 5) is 1.49. The van der Waals surface area contributed by atoms with Gasteiger partial charge >= 0.3 is 0 Å². The molecule has 1 saturated heterocycles. The smallest absolute Gasteiger partial charge is 0.0700 e. The molecule has 0 saturated carbocycles. The van der Waals surface area contributed by atoms with Gasteiger partial charge in [-0.3, -0.25) is 0 Å². The largest absolute Gasteiger partial charge is 0.377 e. The monoisotopic (exact) mass is 239 g/mol. The predicted molar refractivity (Wildman–Crippen MR) is 69.0 cm³/mol. The van der Waals surface area contributed by atoms with Crippen LogP contribution in [-0.2, 0) is 11.2 Å². The van der Waals surface area contributed by atoms with Crippen molar-refractivity contribution in [3.8, 4) is 0 Å². The summed E-state index contributed by atoms with van der Waals surface area (Å²) in [5, 5.41) is 5.78. The van der Waals surface area contributed by atoms with Gasteiger partial charge in [-0.25, -0.2) is 0 Å². The van der Waals surface area contributed by atoms with Gasteiger partial charge < -0.3 is 10.1 Å². The van der Waals surface area contributed by atoms with E-state index in [1.807, 2.05) is 11.3 Å². The molecule has 0 radical (unpaired) electrons. The summed E-state index contributed by atoms with van der Waals surface area (Å²) in [5.74, 6) is 0.700. The zero-order valence-electron chi connectivity index (χ0n) is 10.1. The van der Waals surface area contributed by atoms with Gasteiger partial charge in [0.15, 0.2) is 0 Å². The van der Waals surface area contributed by atoms with Crippen molar-refractivity contribution < 1.29 is 4.74 Å². The molecule has 1 aromatic rings. The van der Waals surface area contributed by atoms with E-state index in [1.165, 1.54) is 11.3 Å². The molecule has 2 nitrogen and oxygen atoms in total. The summed E-state index contributed by atoms with van der Waals surface area (Å²) >= 11 is 1.86. The molecule has 0 aliphatic carbocycles. The second kappa shape index (κ2) is 5.80. The Morgan fingerprint density at radius 3 is 3.12 bits per heavy atom. The van der Waals surface area contributed by atoms with Gasteiger partial charge in [0, 0.05) is 17.5 Å². The zero-order valence-corrected chi connectivity index (χ0v) is 10.9. The highest BCUT2D eigenvalue weighted by molar-refractivity contribution is 7.09. The molecular weight excluding hydrogens is 218 g/mol. The molecule has 0 spiro atoms. The molecule has 1 aromatic heterocycles. The van der Waals surface area contributed by atoms with Crippen LogP contribution in [0.1, 0.15) is 25.1 Å². The molecule has 1 N–H and O–H groups in total. The van der Waals surface area contributed by atoms with Gasteiger partial charge in [0.2, 0.25) is 0 Å². The van der Waals surface area contributed by atoms with Crippen LogP contribution >= 0.6 is 11.3 Å². The molecule has 3 atom stereocenters. The molecule has 0 aromatic carbocycles. The fourth-order valence-corrected chi connectivity index (χ4v) is 3.07. The molecular formula is C13H21NOS. The van der Waals surface area contributed by atoms with Crippen LogP contribution in [-0.4, -0.2) is 25.3 Å². The Kier molecular flexibility index (Phi) is 4.38. The third-order valence-electron chi connectivity index (χ3n) is 3.23. The minimum atomic E-state index is 0.383. The lowest BCUT2D eigenvalue weighted by Crippen LogP contribution is -2.37. The second-order valence-electron chi connectivity index (χ2n) is 4.77. The highest BCUT2D eigenvalue weighted by Gasteiger charge is 2.23. The Balaban J connectivity index is 1.69. The number of ether oxygens (including phenoxy) is 1. The van der Waals surface area contributed by atoms with Crippen LogP contribution in [0.2, 0.25) is 0 Å². The van der Waals surface area contributed by atoms with Crippen LogP contribution < -0.4 is 5.32 Å². The van der Waals surface area contributed by atoms with E-state index in [0.29, 0.717) is 18.1 Å². The third-order valence-corrected chi connectivity index (χ3v) is 4.13. The van der Waals surface area contributed by atoms with Gasteiger partial charge in [-0.05, 0) is 43.7 Å². The third kappa shape index (κ3) is 3.30. The minimum absolute atomic E-state index is 0.383. The SMILES string of the molecule is CC(CNC1CCOC1C)Cc1cccs1. The Hall–Kier alpha value is -0.380. The molecule has 1 aliphatic rings. The van der Waals surface area contributed by atoms with Crippen molar-refractivity contribution in [2.24, 2.45) is 5.92 Å². The van der Waals surface area contributed by atoms with E-state index in [9.17, 15) is 0 Å². The van der Waals surface area contributed by atoms with E-state index in [1.54, 1.807) is 0 Å². The molecule has 90 valence electrons. The average Bonchev–Trinajstić information content (AvgIpc) is 2.87. The van der Waals surface area contributed by atoms with Gasteiger partial charge in [0.25, 0.3) is 0 Å². The Labute approximate surface area is 102 Å². The molecule has 3 heteroatoms. The van der Waals surface area contributed by atoms with E-state index in [4.69, 9.17) is 4.74 Å². The zero-order chi connectivity index (χ0) is 11.4. The first-order valence-corrected chi connectivity index (χ1v) is 7.01. The van der Waals surface area contributed by atoms with Gasteiger partial charge in [0.1, 0.15) is 0 Å². The maximum atomic E-state index is 5.54. The predicted octanol–water partition coefficient (Wildman–Crippen LogP) is 2.69. The maximum absolute atomic E-state index is 5.54. The lowest BCUT2D eigenvalue weighted by atomic mass is 10.1. The van der Waals surface area contributed by atoms with Crippen LogP contribution in [0.25, 0.3) is 0 Å². The van der Waals surface area contributed by atoms with Crippen molar-refractivity contribution in [2.45, 2.75) is 38.8 Å². The van der Waals surface area contributed by atoms with Crippen molar-refractivity contribution in [2.75, 3.05) is 13.2 Å². The van der Waals surface area contributed by atoms with Gasteiger partial charge in [-0.2, -0.15) is 0 Å². The van der Waals surface area contributed by atoms with Gasteiger partial charge in [0.05, 0.1) is 6.10 Å². The molecule has 1 fully saturated rings. The van der Waals surface area contributed by atoms with Crippen LogP contribution in [0.5, 0.6) is 0 Å². The van der Waals surface area contributed by atoms with Crippen molar-refractivity contribution >= 4 is 11.3 Å². The van der Waals surface area contributed by atoms with E-state index in [0.717, 1.165) is 19.6 Å². The fourth-order valence-electron chi connectivity index (χ4n) is 2.20. The first kappa shape index (κ1) is 12.1. The Morgan fingerprint density at radius 1 is 1.62 bits per heavy atom. The quantitative estimate of drug-likeness (QED) is 0.853. The molecule has 2 heterocycles. The maximum Gasteiger partial charge on any atom is 0.0700 e. The van der Waals surface area contributed by atoms with Crippen molar-refractivity contribution in [1.82, 2.24) is 5.32 Å². The van der Waals surface area contributed by atoms with Crippen LogP contribution in [0, 0.1) is 5.92 Å². The van der Waals surface area contributed by atoms with Crippen molar-refractivity contribution in [1.29, 1.82) is 0 Å². The van der Waals surface area contributed by atoms with Crippen molar-refractivity contribution in [3.63, 3.8) is 0 Å². The normalized spacial score (nSPS) is 27.1. The molecule has 16 heavy (non-hydrogen) atoms. The van der Waals surface area contributed by atoms with Crippen LogP contribution in [0.15, 0.2) is 17.5 Å². The number of rotatable bonds is 5. The highest BCUT2D eigenvalue weighted by Crippen LogP contribution is 2.16. The first-order chi connectivity index (χ1) is 7.75. The Morgan fingerprint density at radius 2 is 2.50 bits per heavy atom. The summed E-state index contributed by atoms with van der Waals surface area (Å²) in [6.45, 7) is 6.48. The number of hydrogen-bond acceptors (Lipinski definition) is 3. The van der Waals surface area contributed by atoms with Gasteiger partial charge in [-0.1, -0.05) is 13.0 Å². The summed E-state index contributed by atoms with van der Waals surface area (Å²) in [6, 6.07) is 4.92. The number of nitrogens with one attached hydrogen (secondary N) is 1. The first-order valence-electron chi connectivity index (χ1n) is 6.13. The topological polar surface area (TPSA) is 21.3 Å². The molecule has 1 aliphatic heterocycles. The summed E-state index contributed by atoms with van der Waals surface area (Å²) in [6.07, 6.45) is 2.73. The van der Waals surface area contributed by atoms with Gasteiger partial charge in [-0.15, -0.1) is 11.3 Å². The van der Waals surface area contributed by atoms with E-state index >= 15 is 0 Å². The van der Waals surface area contributed by atoms with Crippen molar-refractivity contribution in [3.05, 3.63) is 22.4 Å². The minimum Gasteiger partial charge on any atom is -0.377 e. The molecule has 2 rings (SSSR count). The lowest BCUT2D eigenvalue weighted by Gasteiger charge is -2.19. The summed E-state index contributed by atoms with van der Waals surface area (Å²) in [7, 11) is 0. The van der Waals surface area contributed by atoms with Crippen LogP contribution in [0.3, 0.4) is 0 Å². The lowest BCUT2D eigenvalue weighted by molar-refractivity contribution is 0.112. The second-order valence-corrected chi connectivity index (χ2v) is 5.80. The highest BCUT2D eigenvalue weighted by atomic mass is 32.1. The van der Waals surface area contributed by atoms with E-state index < -0.39 is 0 Å². The standard InChI is InChI=1S/C13H21NOS/c1-10(8-12-4-3-7-16-12)9-14-13-5-6-15-11(13)2/h3-4,7,10-11,13-14H,5-6,8-9H2,1-2H3. The molecule has 0 amide bonds. The Bertz CT molecular complexity index is 299. The summed E-state index contributed by atoms with van der Waals surface area (Å²) in [5.41, 5.74) is 0. The summed E-state index contributed by atoms with van der Waals surface area (Å²) < 4.78 is 5.54. The number of hydrogen-bond donors (Lipinski definition) is 1. The molecule has 3 unspecified atom stereocenters. The van der Waals surface area contributed by atoms with Crippen LogP contribution in [0.4, 0.5) is 0 Å². The number of thiophene rings is 1.